The molecule has 0 saturated carbocycles. The Morgan fingerprint density at radius 1 is 0.537 bits per heavy atom. The van der Waals surface area contributed by atoms with Crippen molar-refractivity contribution < 1.29 is 61.6 Å². The number of hydrogen-bond acceptors (Lipinski definition) is 13. The first-order valence-corrected chi connectivity index (χ1v) is 14.5. The highest BCUT2D eigenvalue weighted by Gasteiger charge is 2.13. The largest absolute Gasteiger partial charge is 0.460 e. The monoisotopic (exact) mass is 596 g/mol. The van der Waals surface area contributed by atoms with E-state index in [1.807, 2.05) is 0 Å². The van der Waals surface area contributed by atoms with E-state index in [1.54, 1.807) is 0 Å². The molecule has 1 fully saturated rings. The van der Waals surface area contributed by atoms with Gasteiger partial charge in [-0.3, -0.25) is 0 Å². The maximum Gasteiger partial charge on any atom is 0.330 e. The molecule has 1 aliphatic rings. The van der Waals surface area contributed by atoms with Crippen LogP contribution in [0.3, 0.4) is 0 Å². The SMILES string of the molecule is C=CC(=O)OCCOCCOCCOCCOCCOCCOCCOCCOCCOCCOC1CCCCO1. The lowest BCUT2D eigenvalue weighted by Crippen LogP contribution is -2.24. The van der Waals surface area contributed by atoms with Crippen molar-refractivity contribution in [3.05, 3.63) is 12.7 Å². The Labute approximate surface area is 244 Å². The molecule has 0 amide bonds. The van der Waals surface area contributed by atoms with Gasteiger partial charge in [0, 0.05) is 12.7 Å². The normalized spacial score (nSPS) is 15.3. The zero-order valence-electron chi connectivity index (χ0n) is 24.6. The summed E-state index contributed by atoms with van der Waals surface area (Å²) in [5.41, 5.74) is 0. The molecular weight excluding hydrogens is 544 g/mol. The Bertz CT molecular complexity index is 561. The predicted octanol–water partition coefficient (Wildman–Crippen LogP) is 1.41. The van der Waals surface area contributed by atoms with Gasteiger partial charge >= 0.3 is 5.97 Å². The Morgan fingerprint density at radius 3 is 1.20 bits per heavy atom. The van der Waals surface area contributed by atoms with Crippen LogP contribution in [0.2, 0.25) is 0 Å². The predicted molar refractivity (Wildman–Crippen MR) is 148 cm³/mol. The van der Waals surface area contributed by atoms with Crippen molar-refractivity contribution in [2.24, 2.45) is 0 Å². The van der Waals surface area contributed by atoms with E-state index in [0.29, 0.717) is 126 Å². The minimum absolute atomic E-state index is 0.0679. The zero-order valence-corrected chi connectivity index (χ0v) is 24.6. The van der Waals surface area contributed by atoms with E-state index in [0.717, 1.165) is 31.9 Å². The molecule has 0 aromatic carbocycles. The molecule has 0 N–H and O–H groups in total. The van der Waals surface area contributed by atoms with E-state index in [-0.39, 0.29) is 12.9 Å². The van der Waals surface area contributed by atoms with Crippen LogP contribution in [-0.4, -0.2) is 151 Å². The highest BCUT2D eigenvalue weighted by Crippen LogP contribution is 2.13. The molecule has 0 spiro atoms. The van der Waals surface area contributed by atoms with Gasteiger partial charge in [-0.15, -0.1) is 0 Å². The van der Waals surface area contributed by atoms with Gasteiger partial charge in [-0.25, -0.2) is 4.79 Å². The molecule has 13 heteroatoms. The van der Waals surface area contributed by atoms with Gasteiger partial charge in [-0.1, -0.05) is 6.58 Å². The molecule has 1 unspecified atom stereocenters. The molecule has 242 valence electrons. The Morgan fingerprint density at radius 2 is 0.878 bits per heavy atom. The van der Waals surface area contributed by atoms with E-state index in [4.69, 9.17) is 56.8 Å². The van der Waals surface area contributed by atoms with Crippen molar-refractivity contribution in [1.82, 2.24) is 0 Å². The number of ether oxygens (including phenoxy) is 12. The van der Waals surface area contributed by atoms with Crippen LogP contribution < -0.4 is 0 Å². The van der Waals surface area contributed by atoms with Crippen molar-refractivity contribution in [2.75, 3.05) is 139 Å². The van der Waals surface area contributed by atoms with Gasteiger partial charge < -0.3 is 56.8 Å². The van der Waals surface area contributed by atoms with Crippen LogP contribution in [-0.2, 0) is 61.6 Å². The Kier molecular flexibility index (Phi) is 29.2. The first-order valence-electron chi connectivity index (χ1n) is 14.5. The molecule has 1 aliphatic heterocycles. The lowest BCUT2D eigenvalue weighted by molar-refractivity contribution is -0.169. The molecule has 0 aromatic heterocycles. The zero-order chi connectivity index (χ0) is 29.3. The second-order valence-electron chi connectivity index (χ2n) is 8.55. The summed E-state index contributed by atoms with van der Waals surface area (Å²) in [4.78, 5) is 10.8. The highest BCUT2D eigenvalue weighted by atomic mass is 16.7. The van der Waals surface area contributed by atoms with Crippen LogP contribution in [0.5, 0.6) is 0 Å². The average Bonchev–Trinajstić information content (AvgIpc) is 3.00. The summed E-state index contributed by atoms with van der Waals surface area (Å²) in [6.45, 7) is 13.6. The topological polar surface area (TPSA) is 128 Å². The van der Waals surface area contributed by atoms with Gasteiger partial charge in [0.05, 0.1) is 126 Å². The second kappa shape index (κ2) is 31.7. The number of rotatable bonds is 32. The van der Waals surface area contributed by atoms with Gasteiger partial charge in [-0.05, 0) is 19.3 Å². The van der Waals surface area contributed by atoms with Gasteiger partial charge in [0.25, 0.3) is 0 Å². The van der Waals surface area contributed by atoms with Gasteiger partial charge in [0.1, 0.15) is 6.61 Å². The summed E-state index contributed by atoms with van der Waals surface area (Å²) in [5, 5.41) is 0. The molecule has 1 rings (SSSR count). The molecule has 13 nitrogen and oxygen atoms in total. The van der Waals surface area contributed by atoms with Crippen molar-refractivity contribution in [3.63, 3.8) is 0 Å². The fourth-order valence-electron chi connectivity index (χ4n) is 3.20. The summed E-state index contributed by atoms with van der Waals surface area (Å²) < 4.78 is 64.7. The summed E-state index contributed by atoms with van der Waals surface area (Å²) >= 11 is 0. The van der Waals surface area contributed by atoms with E-state index < -0.39 is 5.97 Å². The van der Waals surface area contributed by atoms with Crippen LogP contribution >= 0.6 is 0 Å². The van der Waals surface area contributed by atoms with E-state index >= 15 is 0 Å². The van der Waals surface area contributed by atoms with Crippen molar-refractivity contribution in [3.8, 4) is 0 Å². The Hall–Kier alpha value is -1.23. The first-order chi connectivity index (χ1) is 20.3. The minimum Gasteiger partial charge on any atom is -0.460 e. The molecule has 41 heavy (non-hydrogen) atoms. The second-order valence-corrected chi connectivity index (χ2v) is 8.55. The third-order valence-electron chi connectivity index (χ3n) is 5.28. The van der Waals surface area contributed by atoms with Crippen molar-refractivity contribution in [2.45, 2.75) is 25.6 Å². The molecular formula is C28H52O13. The van der Waals surface area contributed by atoms with Gasteiger partial charge in [-0.2, -0.15) is 0 Å². The summed E-state index contributed by atoms with van der Waals surface area (Å²) in [7, 11) is 0. The van der Waals surface area contributed by atoms with Crippen LogP contribution in [0, 0.1) is 0 Å². The van der Waals surface area contributed by atoms with E-state index in [2.05, 4.69) is 6.58 Å². The summed E-state index contributed by atoms with van der Waals surface area (Å²) in [6.07, 6.45) is 4.30. The quantitative estimate of drug-likeness (QED) is 0.0631. The molecule has 1 heterocycles. The molecule has 0 aromatic rings. The first kappa shape index (κ1) is 37.8. The molecule has 1 saturated heterocycles. The number of carbonyl (C=O) groups excluding carboxylic acids is 1. The summed E-state index contributed by atoms with van der Waals surface area (Å²) in [5.74, 6) is -0.457. The fraction of sp³-hybridized carbons (Fsp3) is 0.893. The number of esters is 1. The maximum absolute atomic E-state index is 10.8. The molecule has 0 bridgehead atoms. The Balaban J connectivity index is 1.61. The fourth-order valence-corrected chi connectivity index (χ4v) is 3.20. The minimum atomic E-state index is -0.457. The van der Waals surface area contributed by atoms with Crippen molar-refractivity contribution in [1.29, 1.82) is 0 Å². The van der Waals surface area contributed by atoms with Gasteiger partial charge in [0.15, 0.2) is 6.29 Å². The average molecular weight is 597 g/mol. The number of hydrogen-bond donors (Lipinski definition) is 0. The van der Waals surface area contributed by atoms with Crippen molar-refractivity contribution >= 4 is 5.97 Å². The number of carbonyl (C=O) groups is 1. The highest BCUT2D eigenvalue weighted by molar-refractivity contribution is 5.81. The standard InChI is InChI=1S/C28H52O13/c1-2-27(29)39-25-23-37-21-19-35-17-15-33-13-11-31-9-7-30-8-10-32-12-14-34-16-18-36-20-22-38-24-26-41-28-5-3-4-6-40-28/h2,28H,1,3-26H2. The lowest BCUT2D eigenvalue weighted by Gasteiger charge is -2.22. The molecule has 0 aliphatic carbocycles. The lowest BCUT2D eigenvalue weighted by atomic mass is 10.2. The molecule has 0 radical (unpaired) electrons. The van der Waals surface area contributed by atoms with E-state index in [9.17, 15) is 4.79 Å². The van der Waals surface area contributed by atoms with Crippen LogP contribution in [0.1, 0.15) is 19.3 Å². The van der Waals surface area contributed by atoms with Crippen LogP contribution in [0.15, 0.2) is 12.7 Å². The van der Waals surface area contributed by atoms with Gasteiger partial charge in [0.2, 0.25) is 0 Å². The maximum atomic E-state index is 10.8. The summed E-state index contributed by atoms with van der Waals surface area (Å²) in [6, 6.07) is 0. The smallest absolute Gasteiger partial charge is 0.330 e. The molecule has 1 atom stereocenters. The third-order valence-corrected chi connectivity index (χ3v) is 5.28. The van der Waals surface area contributed by atoms with E-state index in [1.165, 1.54) is 0 Å². The van der Waals surface area contributed by atoms with Crippen LogP contribution in [0.25, 0.3) is 0 Å². The van der Waals surface area contributed by atoms with Crippen LogP contribution in [0.4, 0.5) is 0 Å². The third kappa shape index (κ3) is 28.7.